The first-order chi connectivity index (χ1) is 12.2. The molecule has 0 saturated heterocycles. The Balaban J connectivity index is 1.88. The number of rotatable bonds is 7. The van der Waals surface area contributed by atoms with E-state index in [1.807, 2.05) is 53.1 Å². The Morgan fingerprint density at radius 1 is 1.24 bits per heavy atom. The molecule has 3 aromatic rings. The molecule has 25 heavy (non-hydrogen) atoms. The molecule has 0 radical (unpaired) electrons. The van der Waals surface area contributed by atoms with Crippen molar-refractivity contribution >= 4 is 23.2 Å². The van der Waals surface area contributed by atoms with Gasteiger partial charge in [-0.1, -0.05) is 29.8 Å². The van der Waals surface area contributed by atoms with Gasteiger partial charge in [-0.2, -0.15) is 0 Å². The van der Waals surface area contributed by atoms with Crippen LogP contribution in [0, 0.1) is 0 Å². The zero-order chi connectivity index (χ0) is 17.6. The fourth-order valence-corrected chi connectivity index (χ4v) is 2.84. The summed E-state index contributed by atoms with van der Waals surface area (Å²) >= 11 is 5.98. The maximum atomic E-state index is 12.3. The molecule has 5 nitrogen and oxygen atoms in total. The lowest BCUT2D eigenvalue weighted by atomic mass is 10.1. The number of benzene rings is 1. The standard InChI is InChI=1S/C19H20ClN3O2/c1-25-12-4-10-21-18(24)13-16-19(14-6-8-15(20)9-7-14)22-17-5-2-3-11-23(16)17/h2-3,5-9,11H,4,10,12-13H2,1H3,(H,21,24). The van der Waals surface area contributed by atoms with E-state index in [9.17, 15) is 4.79 Å². The first-order valence-electron chi connectivity index (χ1n) is 8.16. The molecule has 1 aromatic carbocycles. The van der Waals surface area contributed by atoms with Gasteiger partial charge >= 0.3 is 0 Å². The van der Waals surface area contributed by atoms with Gasteiger partial charge in [0.25, 0.3) is 0 Å². The summed E-state index contributed by atoms with van der Waals surface area (Å²) in [7, 11) is 1.65. The van der Waals surface area contributed by atoms with E-state index >= 15 is 0 Å². The highest BCUT2D eigenvalue weighted by molar-refractivity contribution is 6.30. The molecule has 6 heteroatoms. The van der Waals surface area contributed by atoms with Gasteiger partial charge in [0.1, 0.15) is 5.65 Å². The third kappa shape index (κ3) is 4.18. The van der Waals surface area contributed by atoms with E-state index in [1.54, 1.807) is 7.11 Å². The van der Waals surface area contributed by atoms with Crippen LogP contribution in [0.5, 0.6) is 0 Å². The summed E-state index contributed by atoms with van der Waals surface area (Å²) in [5.41, 5.74) is 3.42. The molecule has 0 bridgehead atoms. The number of fused-ring (bicyclic) bond motifs is 1. The lowest BCUT2D eigenvalue weighted by Gasteiger charge is -2.07. The molecule has 130 valence electrons. The topological polar surface area (TPSA) is 55.6 Å². The lowest BCUT2D eigenvalue weighted by Crippen LogP contribution is -2.27. The van der Waals surface area contributed by atoms with E-state index in [0.717, 1.165) is 29.0 Å². The molecule has 0 spiro atoms. The Hall–Kier alpha value is -2.37. The molecular weight excluding hydrogens is 338 g/mol. The normalized spacial score (nSPS) is 11.0. The van der Waals surface area contributed by atoms with E-state index in [0.29, 0.717) is 18.2 Å². The minimum Gasteiger partial charge on any atom is -0.385 e. The Morgan fingerprint density at radius 2 is 2.04 bits per heavy atom. The average molecular weight is 358 g/mol. The fourth-order valence-electron chi connectivity index (χ4n) is 2.71. The Kier molecular flexibility index (Phi) is 5.68. The summed E-state index contributed by atoms with van der Waals surface area (Å²) in [6.45, 7) is 1.23. The van der Waals surface area contributed by atoms with Crippen LogP contribution in [0.2, 0.25) is 5.02 Å². The number of pyridine rings is 1. The van der Waals surface area contributed by atoms with Crippen molar-refractivity contribution in [1.29, 1.82) is 0 Å². The summed E-state index contributed by atoms with van der Waals surface area (Å²) in [5, 5.41) is 3.60. The predicted molar refractivity (Wildman–Crippen MR) is 98.8 cm³/mol. The number of carbonyl (C=O) groups is 1. The monoisotopic (exact) mass is 357 g/mol. The van der Waals surface area contributed by atoms with Gasteiger partial charge in [0.2, 0.25) is 5.91 Å². The number of carbonyl (C=O) groups excluding carboxylic acids is 1. The second kappa shape index (κ2) is 8.14. The van der Waals surface area contributed by atoms with Crippen LogP contribution in [-0.2, 0) is 16.0 Å². The molecule has 0 atom stereocenters. The van der Waals surface area contributed by atoms with Crippen molar-refractivity contribution in [3.63, 3.8) is 0 Å². The van der Waals surface area contributed by atoms with Crippen LogP contribution >= 0.6 is 11.6 Å². The smallest absolute Gasteiger partial charge is 0.226 e. The van der Waals surface area contributed by atoms with Crippen LogP contribution in [0.25, 0.3) is 16.9 Å². The number of ether oxygens (including phenoxy) is 1. The molecule has 2 heterocycles. The molecule has 0 saturated carbocycles. The molecule has 1 amide bonds. The minimum atomic E-state index is -0.0306. The Bertz CT molecular complexity index is 859. The molecule has 0 aliphatic carbocycles. The van der Waals surface area contributed by atoms with Crippen molar-refractivity contribution in [1.82, 2.24) is 14.7 Å². The highest BCUT2D eigenvalue weighted by Gasteiger charge is 2.16. The molecule has 0 fully saturated rings. The van der Waals surface area contributed by atoms with E-state index in [2.05, 4.69) is 5.32 Å². The summed E-state index contributed by atoms with van der Waals surface area (Å²) in [6.07, 6.45) is 2.98. The minimum absolute atomic E-state index is 0.0306. The van der Waals surface area contributed by atoms with Crippen molar-refractivity contribution in [3.8, 4) is 11.3 Å². The molecule has 3 rings (SSSR count). The van der Waals surface area contributed by atoms with Gasteiger partial charge in [-0.3, -0.25) is 4.79 Å². The van der Waals surface area contributed by atoms with Crippen molar-refractivity contribution in [2.24, 2.45) is 0 Å². The molecule has 0 aliphatic heterocycles. The Labute approximate surface area is 151 Å². The highest BCUT2D eigenvalue weighted by Crippen LogP contribution is 2.26. The number of aromatic nitrogens is 2. The van der Waals surface area contributed by atoms with Gasteiger partial charge in [0.05, 0.1) is 17.8 Å². The summed E-state index contributed by atoms with van der Waals surface area (Å²) in [6, 6.07) is 13.3. The van der Waals surface area contributed by atoms with Gasteiger partial charge in [-0.05, 0) is 30.7 Å². The quantitative estimate of drug-likeness (QED) is 0.660. The van der Waals surface area contributed by atoms with Crippen molar-refractivity contribution in [2.75, 3.05) is 20.3 Å². The molecule has 1 N–H and O–H groups in total. The first-order valence-corrected chi connectivity index (χ1v) is 8.54. The van der Waals surface area contributed by atoms with Crippen molar-refractivity contribution < 1.29 is 9.53 Å². The lowest BCUT2D eigenvalue weighted by molar-refractivity contribution is -0.120. The number of halogens is 1. The van der Waals surface area contributed by atoms with Gasteiger partial charge in [0, 0.05) is 37.0 Å². The van der Waals surface area contributed by atoms with E-state index in [4.69, 9.17) is 21.3 Å². The molecule has 2 aromatic heterocycles. The second-order valence-corrected chi connectivity index (χ2v) is 6.15. The molecule has 0 aliphatic rings. The fraction of sp³-hybridized carbons (Fsp3) is 0.263. The number of imidazole rings is 1. The average Bonchev–Trinajstić information content (AvgIpc) is 2.98. The molecule has 0 unspecified atom stereocenters. The number of methoxy groups -OCH3 is 1. The van der Waals surface area contributed by atoms with Gasteiger partial charge in [0.15, 0.2) is 0 Å². The SMILES string of the molecule is COCCCNC(=O)Cc1c(-c2ccc(Cl)cc2)nc2ccccn12. The number of nitrogens with one attached hydrogen (secondary N) is 1. The van der Waals surface area contributed by atoms with E-state index < -0.39 is 0 Å². The summed E-state index contributed by atoms with van der Waals surface area (Å²) in [4.78, 5) is 17.0. The number of nitrogens with zero attached hydrogens (tertiary/aromatic N) is 2. The van der Waals surface area contributed by atoms with E-state index in [-0.39, 0.29) is 12.3 Å². The van der Waals surface area contributed by atoms with Crippen molar-refractivity contribution in [2.45, 2.75) is 12.8 Å². The van der Waals surface area contributed by atoms with E-state index in [1.165, 1.54) is 0 Å². The van der Waals surface area contributed by atoms with Crippen LogP contribution in [0.3, 0.4) is 0 Å². The third-order valence-corrected chi connectivity index (χ3v) is 4.17. The number of hydrogen-bond acceptors (Lipinski definition) is 3. The second-order valence-electron chi connectivity index (χ2n) is 5.72. The van der Waals surface area contributed by atoms with Crippen LogP contribution in [0.15, 0.2) is 48.7 Å². The molecular formula is C19H20ClN3O2. The zero-order valence-electron chi connectivity index (χ0n) is 14.0. The van der Waals surface area contributed by atoms with Crippen LogP contribution in [0.4, 0.5) is 0 Å². The maximum Gasteiger partial charge on any atom is 0.226 e. The highest BCUT2D eigenvalue weighted by atomic mass is 35.5. The van der Waals surface area contributed by atoms with Crippen LogP contribution in [-0.4, -0.2) is 35.6 Å². The van der Waals surface area contributed by atoms with Gasteiger partial charge in [-0.15, -0.1) is 0 Å². The maximum absolute atomic E-state index is 12.3. The first kappa shape index (κ1) is 17.5. The zero-order valence-corrected chi connectivity index (χ0v) is 14.8. The van der Waals surface area contributed by atoms with Crippen LogP contribution < -0.4 is 5.32 Å². The van der Waals surface area contributed by atoms with Gasteiger partial charge < -0.3 is 14.5 Å². The number of hydrogen-bond donors (Lipinski definition) is 1. The summed E-state index contributed by atoms with van der Waals surface area (Å²) in [5.74, 6) is -0.0306. The summed E-state index contributed by atoms with van der Waals surface area (Å²) < 4.78 is 6.95. The van der Waals surface area contributed by atoms with Crippen LogP contribution in [0.1, 0.15) is 12.1 Å². The predicted octanol–water partition coefficient (Wildman–Crippen LogP) is 3.35. The number of amides is 1. The Morgan fingerprint density at radius 3 is 2.80 bits per heavy atom. The third-order valence-electron chi connectivity index (χ3n) is 3.92. The van der Waals surface area contributed by atoms with Gasteiger partial charge in [-0.25, -0.2) is 4.98 Å². The van der Waals surface area contributed by atoms with Crippen molar-refractivity contribution in [3.05, 3.63) is 59.4 Å². The largest absolute Gasteiger partial charge is 0.385 e.